The van der Waals surface area contributed by atoms with Crippen molar-refractivity contribution in [3.05, 3.63) is 0 Å². The van der Waals surface area contributed by atoms with Crippen molar-refractivity contribution in [2.24, 2.45) is 5.73 Å². The molecule has 0 aromatic heterocycles. The van der Waals surface area contributed by atoms with Gasteiger partial charge in [-0.15, -0.1) is 0 Å². The molecule has 0 rings (SSSR count). The molecule has 0 unspecified atom stereocenters. The number of nitrogens with zero attached hydrogens (tertiary/aromatic N) is 1. The van der Waals surface area contributed by atoms with Gasteiger partial charge in [0.05, 0.1) is 16.1 Å². The van der Waals surface area contributed by atoms with E-state index in [1.807, 2.05) is 6.92 Å². The van der Waals surface area contributed by atoms with Gasteiger partial charge in [0.15, 0.2) is 5.11 Å². The second-order valence-electron chi connectivity index (χ2n) is 1.02. The number of hydrogen-bond acceptors (Lipinski definition) is 1. The number of hydrogen-bond donors (Lipinski definition) is 1. The lowest BCUT2D eigenvalue weighted by Crippen LogP contribution is -2.25. The number of rotatable bonds is 1. The van der Waals surface area contributed by atoms with Crippen molar-refractivity contribution in [2.45, 2.75) is 6.92 Å². The molecule has 2 nitrogen and oxygen atoms in total. The Kier molecular flexibility index (Phi) is 3.29. The Hall–Kier alpha value is 0.170. The molecule has 0 aliphatic rings. The lowest BCUT2D eigenvalue weighted by molar-refractivity contribution is 0.742. The Morgan fingerprint density at radius 2 is 2.43 bits per heavy atom. The first-order valence-electron chi connectivity index (χ1n) is 1.91. The first-order valence-corrected chi connectivity index (χ1v) is 3.03. The third-order valence-electron chi connectivity index (χ3n) is 0.517. The first-order chi connectivity index (χ1) is 3.18. The molecule has 0 saturated carbocycles. The van der Waals surface area contributed by atoms with Gasteiger partial charge in [0.25, 0.3) is 0 Å². The number of nitrogens with two attached hydrogens (primary N) is 1. The van der Waals surface area contributed by atoms with Crippen molar-refractivity contribution in [1.29, 1.82) is 0 Å². The van der Waals surface area contributed by atoms with E-state index in [1.54, 1.807) is 3.93 Å². The van der Waals surface area contributed by atoms with E-state index in [2.05, 4.69) is 28.4 Å². The van der Waals surface area contributed by atoms with Crippen LogP contribution in [0.1, 0.15) is 6.92 Å². The Balaban J connectivity index is 3.34. The Morgan fingerprint density at radius 1 is 2.00 bits per heavy atom. The van der Waals surface area contributed by atoms with E-state index in [1.165, 1.54) is 0 Å². The molecule has 0 aliphatic heterocycles. The van der Waals surface area contributed by atoms with E-state index >= 15 is 0 Å². The fraction of sp³-hybridized carbons (Fsp3) is 0.667. The monoisotopic (exact) mass is 182 g/mol. The van der Waals surface area contributed by atoms with Crippen LogP contribution in [0.4, 0.5) is 0 Å². The van der Waals surface area contributed by atoms with Gasteiger partial charge < -0.3 is 5.73 Å². The van der Waals surface area contributed by atoms with Crippen molar-refractivity contribution in [1.82, 2.24) is 3.93 Å². The summed E-state index contributed by atoms with van der Waals surface area (Å²) in [5.41, 5.74) is 5.16. The van der Waals surface area contributed by atoms with Crippen LogP contribution in [0.2, 0.25) is 0 Å². The van der Waals surface area contributed by atoms with E-state index in [0.29, 0.717) is 5.11 Å². The first kappa shape index (κ1) is 7.17. The minimum absolute atomic E-state index is 0.377. The highest BCUT2D eigenvalue weighted by molar-refractivity contribution is 9.07. The van der Waals surface area contributed by atoms with Gasteiger partial charge in [-0.2, -0.15) is 0 Å². The minimum Gasteiger partial charge on any atom is -0.375 e. The molecule has 0 heterocycles. The van der Waals surface area contributed by atoms with Crippen LogP contribution >= 0.6 is 28.4 Å². The SMILES string of the molecule is CCN(Br)C(N)=S. The van der Waals surface area contributed by atoms with Gasteiger partial charge in [0, 0.05) is 6.54 Å². The molecule has 2 N–H and O–H groups in total. The molecular formula is C3H7BrN2S. The molecule has 0 fully saturated rings. The summed E-state index contributed by atoms with van der Waals surface area (Å²) in [4.78, 5) is 0. The van der Waals surface area contributed by atoms with Crippen molar-refractivity contribution in [3.63, 3.8) is 0 Å². The second-order valence-corrected chi connectivity index (χ2v) is 2.29. The summed E-state index contributed by atoms with van der Waals surface area (Å²) >= 11 is 7.68. The fourth-order valence-electron chi connectivity index (χ4n) is 0.156. The molecule has 7 heavy (non-hydrogen) atoms. The van der Waals surface area contributed by atoms with Crippen molar-refractivity contribution >= 4 is 33.5 Å². The molecule has 0 radical (unpaired) electrons. The van der Waals surface area contributed by atoms with Gasteiger partial charge >= 0.3 is 0 Å². The minimum atomic E-state index is 0.377. The van der Waals surface area contributed by atoms with E-state index in [-0.39, 0.29) is 0 Å². The van der Waals surface area contributed by atoms with Crippen molar-refractivity contribution in [2.75, 3.05) is 6.54 Å². The van der Waals surface area contributed by atoms with Gasteiger partial charge in [-0.3, -0.25) is 3.93 Å². The molecule has 0 aromatic rings. The van der Waals surface area contributed by atoms with Crippen LogP contribution in [0, 0.1) is 0 Å². The zero-order valence-electron chi connectivity index (χ0n) is 4.02. The maximum Gasteiger partial charge on any atom is 0.176 e. The average molecular weight is 183 g/mol. The molecule has 0 amide bonds. The van der Waals surface area contributed by atoms with Crippen molar-refractivity contribution in [3.8, 4) is 0 Å². The summed E-state index contributed by atoms with van der Waals surface area (Å²) in [5.74, 6) is 0. The smallest absolute Gasteiger partial charge is 0.176 e. The normalized spacial score (nSPS) is 8.29. The average Bonchev–Trinajstić information content (AvgIpc) is 1.65. The second kappa shape index (κ2) is 3.21. The zero-order valence-corrected chi connectivity index (χ0v) is 6.42. The van der Waals surface area contributed by atoms with Crippen LogP contribution in [-0.2, 0) is 0 Å². The van der Waals surface area contributed by atoms with Crippen LogP contribution in [0.15, 0.2) is 0 Å². The molecular weight excluding hydrogens is 176 g/mol. The molecule has 0 saturated heterocycles. The highest BCUT2D eigenvalue weighted by Gasteiger charge is 1.92. The van der Waals surface area contributed by atoms with E-state index in [4.69, 9.17) is 5.73 Å². The largest absolute Gasteiger partial charge is 0.375 e. The summed E-state index contributed by atoms with van der Waals surface area (Å²) < 4.78 is 1.61. The third kappa shape index (κ3) is 2.82. The molecule has 0 aliphatic carbocycles. The molecule has 4 heteroatoms. The maximum absolute atomic E-state index is 5.16. The van der Waals surface area contributed by atoms with E-state index < -0.39 is 0 Å². The van der Waals surface area contributed by atoms with Crippen LogP contribution in [0.25, 0.3) is 0 Å². The van der Waals surface area contributed by atoms with Gasteiger partial charge in [0.1, 0.15) is 0 Å². The van der Waals surface area contributed by atoms with Crippen LogP contribution in [-0.4, -0.2) is 15.6 Å². The standard InChI is InChI=1S/C3H7BrN2S/c1-2-6(4)3(5)7/h2H2,1H3,(H2,5,7). The van der Waals surface area contributed by atoms with Crippen LogP contribution in [0.3, 0.4) is 0 Å². The Morgan fingerprint density at radius 3 is 2.43 bits per heavy atom. The lowest BCUT2D eigenvalue weighted by Gasteiger charge is -2.08. The quantitative estimate of drug-likeness (QED) is 0.483. The third-order valence-corrected chi connectivity index (χ3v) is 1.86. The number of halogens is 1. The van der Waals surface area contributed by atoms with Crippen LogP contribution in [0.5, 0.6) is 0 Å². The summed E-state index contributed by atoms with van der Waals surface area (Å²) in [6.45, 7) is 2.75. The lowest BCUT2D eigenvalue weighted by atomic mass is 10.8. The van der Waals surface area contributed by atoms with Gasteiger partial charge in [-0.05, 0) is 19.1 Å². The van der Waals surface area contributed by atoms with Crippen molar-refractivity contribution < 1.29 is 0 Å². The summed E-state index contributed by atoms with van der Waals surface area (Å²) in [5, 5.41) is 0.377. The molecule has 42 valence electrons. The van der Waals surface area contributed by atoms with E-state index in [0.717, 1.165) is 6.54 Å². The Labute approximate surface area is 57.0 Å². The predicted octanol–water partition coefficient (Wildman–Crippen LogP) is 0.862. The van der Waals surface area contributed by atoms with Crippen LogP contribution < -0.4 is 5.73 Å². The summed E-state index contributed by atoms with van der Waals surface area (Å²) in [6.07, 6.45) is 0. The van der Waals surface area contributed by atoms with E-state index in [9.17, 15) is 0 Å². The fourth-order valence-corrected chi connectivity index (χ4v) is 0.285. The highest BCUT2D eigenvalue weighted by Crippen LogP contribution is 1.93. The Bertz CT molecular complexity index is 75.3. The molecule has 0 aromatic carbocycles. The van der Waals surface area contributed by atoms with Gasteiger partial charge in [0.2, 0.25) is 0 Å². The zero-order chi connectivity index (χ0) is 5.86. The topological polar surface area (TPSA) is 29.3 Å². The highest BCUT2D eigenvalue weighted by atomic mass is 79.9. The predicted molar refractivity (Wildman–Crippen MR) is 38.1 cm³/mol. The molecule has 0 bridgehead atoms. The van der Waals surface area contributed by atoms with Gasteiger partial charge in [-0.25, -0.2) is 0 Å². The number of thiocarbonyl (C=S) groups is 1. The maximum atomic E-state index is 5.16. The molecule has 0 atom stereocenters. The molecule has 0 spiro atoms. The summed E-state index contributed by atoms with van der Waals surface area (Å²) in [7, 11) is 0. The van der Waals surface area contributed by atoms with Gasteiger partial charge in [-0.1, -0.05) is 0 Å². The summed E-state index contributed by atoms with van der Waals surface area (Å²) in [6, 6.07) is 0.